The summed E-state index contributed by atoms with van der Waals surface area (Å²) in [7, 11) is -4.26. The highest BCUT2D eigenvalue weighted by molar-refractivity contribution is 7.89. The lowest BCUT2D eigenvalue weighted by molar-refractivity contribution is -0.118. The van der Waals surface area contributed by atoms with Crippen molar-refractivity contribution in [3.05, 3.63) is 70.1 Å². The number of benzene rings is 2. The van der Waals surface area contributed by atoms with Gasteiger partial charge in [0.25, 0.3) is 0 Å². The van der Waals surface area contributed by atoms with Gasteiger partial charge in [0.2, 0.25) is 21.4 Å². The van der Waals surface area contributed by atoms with Crippen LogP contribution in [0.3, 0.4) is 0 Å². The van der Waals surface area contributed by atoms with Gasteiger partial charge in [-0.25, -0.2) is 22.5 Å². The van der Waals surface area contributed by atoms with Crippen LogP contribution in [0.25, 0.3) is 9.69 Å². The maximum atomic E-state index is 14.1. The first-order valence-corrected chi connectivity index (χ1v) is 12.2. The predicted octanol–water partition coefficient (Wildman–Crippen LogP) is 4.35. The molecule has 1 N–H and O–H groups in total. The summed E-state index contributed by atoms with van der Waals surface area (Å²) in [5.74, 6) is -1.48. The molecule has 3 rings (SSSR count). The maximum Gasteiger partial charge on any atom is 0.233 e. The first kappa shape index (κ1) is 25.9. The van der Waals surface area contributed by atoms with Gasteiger partial charge in [-0.1, -0.05) is 17.7 Å². The van der Waals surface area contributed by atoms with Crippen LogP contribution < -0.4 is 4.74 Å². The molecular formula is C22H18Cl2FN3O5S. The topological polar surface area (TPSA) is 92.6 Å². The number of hydrogen-bond acceptors (Lipinski definition) is 5. The summed E-state index contributed by atoms with van der Waals surface area (Å²) in [4.78, 5) is 17.7. The highest BCUT2D eigenvalue weighted by Crippen LogP contribution is 2.37. The lowest BCUT2D eigenvalue weighted by Crippen LogP contribution is -2.45. The monoisotopic (exact) mass is 525 g/mol. The fraction of sp³-hybridized carbons (Fsp3) is 0.318. The number of Topliss-reactive ketones (excluding diaryl/α,β-unsaturated/α-hetero) is 1. The van der Waals surface area contributed by atoms with Crippen molar-refractivity contribution in [3.63, 3.8) is 0 Å². The molecule has 2 atom stereocenters. The Kier molecular flexibility index (Phi) is 7.81. The van der Waals surface area contributed by atoms with Gasteiger partial charge in [-0.05, 0) is 30.7 Å². The van der Waals surface area contributed by atoms with E-state index in [-0.39, 0.29) is 58.1 Å². The molecule has 0 amide bonds. The summed E-state index contributed by atoms with van der Waals surface area (Å²) in [6.07, 6.45) is -1.46. The van der Waals surface area contributed by atoms with E-state index in [0.29, 0.717) is 0 Å². The second kappa shape index (κ2) is 10.3. The van der Waals surface area contributed by atoms with Gasteiger partial charge in [-0.3, -0.25) is 4.79 Å². The Hall–Kier alpha value is -2.73. The number of β-amino-alcohol motifs (C(OH)–C–C–N with tert-alkyl or cyclic N) is 1. The Morgan fingerprint density at radius 3 is 2.56 bits per heavy atom. The number of alkyl halides is 1. The Bertz CT molecular complexity index is 1310. The number of carbonyl (C=O) groups is 1. The van der Waals surface area contributed by atoms with Crippen molar-refractivity contribution in [2.75, 3.05) is 19.0 Å². The van der Waals surface area contributed by atoms with Crippen LogP contribution >= 0.6 is 23.2 Å². The molecule has 0 radical (unpaired) electrons. The minimum absolute atomic E-state index is 0.0235. The zero-order chi connectivity index (χ0) is 25.1. The molecule has 0 aliphatic carbocycles. The van der Waals surface area contributed by atoms with Crippen LogP contribution in [0, 0.1) is 19.0 Å². The molecule has 0 spiro atoms. The smallest absolute Gasteiger partial charge is 0.233 e. The van der Waals surface area contributed by atoms with Crippen LogP contribution in [-0.2, 0) is 14.8 Å². The molecule has 1 aliphatic heterocycles. The Balaban J connectivity index is 1.96. The van der Waals surface area contributed by atoms with Gasteiger partial charge in [0.1, 0.15) is 29.1 Å². The minimum Gasteiger partial charge on any atom is -0.486 e. The molecule has 2 aromatic rings. The van der Waals surface area contributed by atoms with Crippen molar-refractivity contribution in [1.29, 1.82) is 0 Å². The van der Waals surface area contributed by atoms with E-state index in [1.54, 1.807) is 0 Å². The molecular weight excluding hydrogens is 508 g/mol. The van der Waals surface area contributed by atoms with Crippen molar-refractivity contribution in [3.8, 4) is 5.75 Å². The Morgan fingerprint density at radius 1 is 1.24 bits per heavy atom. The van der Waals surface area contributed by atoms with E-state index >= 15 is 0 Å². The predicted molar refractivity (Wildman–Crippen MR) is 123 cm³/mol. The normalized spacial score (nSPS) is 20.5. The van der Waals surface area contributed by atoms with E-state index in [0.717, 1.165) is 10.4 Å². The quantitative estimate of drug-likeness (QED) is 0.408. The maximum absolute atomic E-state index is 14.1. The van der Waals surface area contributed by atoms with Crippen LogP contribution in [0.15, 0.2) is 41.3 Å². The summed E-state index contributed by atoms with van der Waals surface area (Å²) in [6, 6.07) is 7.25. The third-order valence-electron chi connectivity index (χ3n) is 5.38. The highest BCUT2D eigenvalue weighted by Gasteiger charge is 2.51. The number of ether oxygens (including phenoxy) is 1. The molecule has 1 heterocycles. The molecule has 0 unspecified atom stereocenters. The zero-order valence-corrected chi connectivity index (χ0v) is 19.9. The van der Waals surface area contributed by atoms with E-state index in [9.17, 15) is 22.7 Å². The van der Waals surface area contributed by atoms with Crippen molar-refractivity contribution >= 4 is 50.4 Å². The summed E-state index contributed by atoms with van der Waals surface area (Å²) in [5, 5.41) is 11.5. The van der Waals surface area contributed by atoms with E-state index in [1.165, 1.54) is 30.3 Å². The number of rotatable bonds is 8. The minimum atomic E-state index is -4.26. The number of aliphatic hydroxyl groups is 1. The van der Waals surface area contributed by atoms with Crippen LogP contribution in [-0.4, -0.2) is 54.3 Å². The lowest BCUT2D eigenvalue weighted by atomic mass is 9.93. The second-order valence-electron chi connectivity index (χ2n) is 7.63. The molecule has 1 fully saturated rings. The summed E-state index contributed by atoms with van der Waals surface area (Å²) < 4.78 is 47.4. The molecule has 12 heteroatoms. The van der Waals surface area contributed by atoms with Crippen LogP contribution in [0.1, 0.15) is 12.8 Å². The van der Waals surface area contributed by atoms with Gasteiger partial charge in [0.05, 0.1) is 30.5 Å². The Labute approximate surface area is 206 Å². The van der Waals surface area contributed by atoms with Crippen molar-refractivity contribution in [2.45, 2.75) is 29.4 Å². The van der Waals surface area contributed by atoms with Crippen LogP contribution in [0.5, 0.6) is 5.75 Å². The van der Waals surface area contributed by atoms with Gasteiger partial charge >= 0.3 is 0 Å². The summed E-state index contributed by atoms with van der Waals surface area (Å²) in [5.41, 5.74) is -2.22. The summed E-state index contributed by atoms with van der Waals surface area (Å²) >= 11 is 11.4. The van der Waals surface area contributed by atoms with E-state index < -0.39 is 34.1 Å². The first-order valence-electron chi connectivity index (χ1n) is 9.85. The fourth-order valence-electron chi connectivity index (χ4n) is 3.57. The molecule has 0 saturated carbocycles. The van der Waals surface area contributed by atoms with Crippen molar-refractivity contribution in [2.24, 2.45) is 0 Å². The third kappa shape index (κ3) is 5.33. The van der Waals surface area contributed by atoms with Crippen molar-refractivity contribution < 1.29 is 27.4 Å². The Morgan fingerprint density at radius 2 is 1.94 bits per heavy atom. The molecule has 0 aromatic heterocycles. The number of sulfonamides is 1. The van der Waals surface area contributed by atoms with Gasteiger partial charge < -0.3 is 9.84 Å². The summed E-state index contributed by atoms with van der Waals surface area (Å²) in [6.45, 7) is 13.5. The van der Waals surface area contributed by atoms with Crippen LogP contribution in [0.4, 0.5) is 15.8 Å². The fourth-order valence-corrected chi connectivity index (χ4v) is 5.48. The lowest BCUT2D eigenvalue weighted by Gasteiger charge is -2.29. The molecule has 34 heavy (non-hydrogen) atoms. The molecule has 8 nitrogen and oxygen atoms in total. The van der Waals surface area contributed by atoms with Gasteiger partial charge in [-0.15, -0.1) is 11.6 Å². The second-order valence-corrected chi connectivity index (χ2v) is 10.2. The van der Waals surface area contributed by atoms with Crippen LogP contribution in [0.2, 0.25) is 5.02 Å². The number of carbonyl (C=O) groups excluding carboxylic acids is 1. The SMILES string of the molecule is [C-]#[N+]c1ccc(O[C@H]2CN(S(=O)(=O)c3ccc(Cl)cc3[N+]#[C-])C[C@]2(O)CCC(=O)CCl)cc1F. The van der Waals surface area contributed by atoms with E-state index in [1.807, 2.05) is 0 Å². The molecule has 0 bridgehead atoms. The van der Waals surface area contributed by atoms with Gasteiger partial charge in [-0.2, -0.15) is 4.31 Å². The number of ketones is 1. The highest BCUT2D eigenvalue weighted by atomic mass is 35.5. The molecule has 1 aliphatic rings. The number of halogens is 3. The number of nitrogens with zero attached hydrogens (tertiary/aromatic N) is 3. The molecule has 178 valence electrons. The third-order valence-corrected chi connectivity index (χ3v) is 7.77. The standard InChI is InChI=1S/C22H18Cl2FN3O5S/c1-26-18-5-4-16(10-17(18)25)33-21-12-28(13-22(21,30)8-7-15(29)11-23)34(31,32)20-6-3-14(24)9-19(20)27-2/h3-6,9-10,21,30H,7-8,11-13H2/t21-,22+/m0/s1. The molecule has 2 aromatic carbocycles. The number of hydrogen-bond donors (Lipinski definition) is 1. The van der Waals surface area contributed by atoms with Crippen molar-refractivity contribution in [1.82, 2.24) is 4.31 Å². The van der Waals surface area contributed by atoms with E-state index in [2.05, 4.69) is 9.69 Å². The average Bonchev–Trinajstić information content (AvgIpc) is 3.14. The van der Waals surface area contributed by atoms with Gasteiger partial charge in [0, 0.05) is 24.1 Å². The molecule has 1 saturated heterocycles. The first-order chi connectivity index (χ1) is 16.0. The largest absolute Gasteiger partial charge is 0.486 e. The zero-order valence-electron chi connectivity index (χ0n) is 17.5. The average molecular weight is 526 g/mol. The van der Waals surface area contributed by atoms with Gasteiger partial charge in [0.15, 0.2) is 0 Å². The van der Waals surface area contributed by atoms with E-state index in [4.69, 9.17) is 41.1 Å².